The molecule has 0 spiro atoms. The van der Waals surface area contributed by atoms with E-state index < -0.39 is 12.2 Å². The maximum atomic E-state index is 13.1. The van der Waals surface area contributed by atoms with Gasteiger partial charge in [-0.3, -0.25) is 0 Å². The molecule has 110 valence electrons. The van der Waals surface area contributed by atoms with Gasteiger partial charge in [0.25, 0.3) is 0 Å². The van der Waals surface area contributed by atoms with E-state index in [0.717, 1.165) is 5.56 Å². The summed E-state index contributed by atoms with van der Waals surface area (Å²) >= 11 is 0. The zero-order valence-electron chi connectivity index (χ0n) is 11.2. The molecular formula is C16H14F3NO. The van der Waals surface area contributed by atoms with Crippen LogP contribution in [0.5, 0.6) is 11.5 Å². The van der Waals surface area contributed by atoms with Crippen LogP contribution in [0, 0.1) is 0 Å². The minimum atomic E-state index is -4.31. The van der Waals surface area contributed by atoms with Gasteiger partial charge in [0.1, 0.15) is 17.5 Å². The predicted octanol–water partition coefficient (Wildman–Crippen LogP) is 4.23. The first-order chi connectivity index (χ1) is 10.0. The van der Waals surface area contributed by atoms with Crippen LogP contribution in [0.2, 0.25) is 0 Å². The van der Waals surface area contributed by atoms with Crippen molar-refractivity contribution in [1.29, 1.82) is 0 Å². The van der Waals surface area contributed by atoms with Crippen molar-refractivity contribution in [2.45, 2.75) is 18.6 Å². The van der Waals surface area contributed by atoms with Crippen molar-refractivity contribution >= 4 is 0 Å². The zero-order valence-corrected chi connectivity index (χ0v) is 11.2. The lowest BCUT2D eigenvalue weighted by Gasteiger charge is -2.29. The van der Waals surface area contributed by atoms with Gasteiger partial charge in [-0.2, -0.15) is 13.2 Å². The fraction of sp³-hybridized carbons (Fsp3) is 0.250. The molecular weight excluding hydrogens is 279 g/mol. The zero-order chi connectivity index (χ0) is 14.9. The van der Waals surface area contributed by atoms with Crippen molar-refractivity contribution in [3.8, 4) is 11.5 Å². The highest BCUT2D eigenvalue weighted by atomic mass is 19.4. The van der Waals surface area contributed by atoms with Crippen molar-refractivity contribution < 1.29 is 17.9 Å². The number of hydrogen-bond donors (Lipinski definition) is 1. The summed E-state index contributed by atoms with van der Waals surface area (Å²) in [5, 5.41) is 2.53. The van der Waals surface area contributed by atoms with E-state index >= 15 is 0 Å². The van der Waals surface area contributed by atoms with Crippen LogP contribution in [0.15, 0.2) is 48.5 Å². The Morgan fingerprint density at radius 3 is 2.48 bits per heavy atom. The third kappa shape index (κ3) is 3.03. The monoisotopic (exact) mass is 293 g/mol. The standard InChI is InChI=1S/C16H14F3NO/c17-16(18,19)15-14-10-13(7-6-11(14)8-9-20-15)21-12-4-2-1-3-5-12/h1-7,10,15,20H,8-9H2. The van der Waals surface area contributed by atoms with Crippen molar-refractivity contribution in [2.24, 2.45) is 0 Å². The molecule has 21 heavy (non-hydrogen) atoms. The molecule has 0 saturated carbocycles. The number of halogens is 3. The minimum absolute atomic E-state index is 0.252. The van der Waals surface area contributed by atoms with E-state index in [1.165, 1.54) is 6.07 Å². The SMILES string of the molecule is FC(F)(F)C1NCCc2ccc(Oc3ccccc3)cc21. The van der Waals surface area contributed by atoms with Crippen LogP contribution in [-0.2, 0) is 6.42 Å². The lowest BCUT2D eigenvalue weighted by atomic mass is 9.94. The number of rotatable bonds is 2. The summed E-state index contributed by atoms with van der Waals surface area (Å²) in [6.45, 7) is 0.329. The molecule has 3 rings (SSSR count). The molecule has 1 heterocycles. The molecule has 1 atom stereocenters. The molecule has 0 radical (unpaired) electrons. The molecule has 5 heteroatoms. The highest BCUT2D eigenvalue weighted by molar-refractivity contribution is 5.42. The van der Waals surface area contributed by atoms with Gasteiger partial charge in [-0.1, -0.05) is 24.3 Å². The van der Waals surface area contributed by atoms with Gasteiger partial charge in [-0.15, -0.1) is 0 Å². The first-order valence-electron chi connectivity index (χ1n) is 6.70. The number of ether oxygens (including phenoxy) is 1. The lowest BCUT2D eigenvalue weighted by Crippen LogP contribution is -2.39. The molecule has 2 aromatic rings. The Hall–Kier alpha value is -2.01. The van der Waals surface area contributed by atoms with Gasteiger partial charge in [0.2, 0.25) is 0 Å². The molecule has 1 aliphatic rings. The summed E-state index contributed by atoms with van der Waals surface area (Å²) in [6, 6.07) is 12.3. The molecule has 2 aromatic carbocycles. The van der Waals surface area contributed by atoms with E-state index in [2.05, 4.69) is 5.32 Å². The second-order valence-corrected chi connectivity index (χ2v) is 4.95. The maximum absolute atomic E-state index is 13.1. The number of para-hydroxylation sites is 1. The number of benzene rings is 2. The lowest BCUT2D eigenvalue weighted by molar-refractivity contribution is -0.158. The van der Waals surface area contributed by atoms with Crippen molar-refractivity contribution in [2.75, 3.05) is 6.54 Å². The van der Waals surface area contributed by atoms with E-state index in [1.807, 2.05) is 18.2 Å². The Kier molecular flexibility index (Phi) is 3.59. The second-order valence-electron chi connectivity index (χ2n) is 4.95. The molecule has 0 bridgehead atoms. The summed E-state index contributed by atoms with van der Waals surface area (Å²) in [6.07, 6.45) is -3.71. The van der Waals surface area contributed by atoms with E-state index in [-0.39, 0.29) is 5.56 Å². The Labute approximate surface area is 120 Å². The normalized spacial score (nSPS) is 18.1. The highest BCUT2D eigenvalue weighted by Crippen LogP contribution is 2.38. The van der Waals surface area contributed by atoms with E-state index in [4.69, 9.17) is 4.74 Å². The van der Waals surface area contributed by atoms with E-state index in [1.54, 1.807) is 24.3 Å². The summed E-state index contributed by atoms with van der Waals surface area (Å²) in [5.41, 5.74) is 0.971. The quantitative estimate of drug-likeness (QED) is 0.894. The van der Waals surface area contributed by atoms with Crippen LogP contribution in [0.1, 0.15) is 17.2 Å². The molecule has 1 aliphatic heterocycles. The largest absolute Gasteiger partial charge is 0.457 e. The number of nitrogens with one attached hydrogen (secondary N) is 1. The molecule has 0 aromatic heterocycles. The minimum Gasteiger partial charge on any atom is -0.457 e. The van der Waals surface area contributed by atoms with E-state index in [0.29, 0.717) is 24.5 Å². The Morgan fingerprint density at radius 1 is 1.00 bits per heavy atom. The average Bonchev–Trinajstić information content (AvgIpc) is 2.46. The van der Waals surface area contributed by atoms with Gasteiger partial charge in [0, 0.05) is 6.54 Å². The number of hydrogen-bond acceptors (Lipinski definition) is 2. The predicted molar refractivity (Wildman–Crippen MR) is 73.5 cm³/mol. The smallest absolute Gasteiger partial charge is 0.407 e. The van der Waals surface area contributed by atoms with Crippen LogP contribution in [0.3, 0.4) is 0 Å². The summed E-state index contributed by atoms with van der Waals surface area (Å²) < 4.78 is 44.8. The van der Waals surface area contributed by atoms with Gasteiger partial charge < -0.3 is 10.1 Å². The van der Waals surface area contributed by atoms with Gasteiger partial charge in [-0.05, 0) is 41.8 Å². The topological polar surface area (TPSA) is 21.3 Å². The molecule has 1 unspecified atom stereocenters. The molecule has 0 saturated heterocycles. The van der Waals surface area contributed by atoms with Gasteiger partial charge in [-0.25, -0.2) is 0 Å². The van der Waals surface area contributed by atoms with Crippen LogP contribution >= 0.6 is 0 Å². The first kappa shape index (κ1) is 13.9. The molecule has 0 aliphatic carbocycles. The van der Waals surface area contributed by atoms with Gasteiger partial charge in [0.15, 0.2) is 0 Å². The summed E-state index contributed by atoms with van der Waals surface area (Å²) in [5.74, 6) is 1.02. The third-order valence-electron chi connectivity index (χ3n) is 3.48. The molecule has 0 fully saturated rings. The maximum Gasteiger partial charge on any atom is 0.407 e. The first-order valence-corrected chi connectivity index (χ1v) is 6.70. The Morgan fingerprint density at radius 2 is 1.76 bits per heavy atom. The molecule has 1 N–H and O–H groups in total. The van der Waals surface area contributed by atoms with Crippen LogP contribution in [0.25, 0.3) is 0 Å². The van der Waals surface area contributed by atoms with Crippen molar-refractivity contribution in [3.63, 3.8) is 0 Å². The summed E-state index contributed by atoms with van der Waals surface area (Å²) in [7, 11) is 0. The van der Waals surface area contributed by atoms with Crippen LogP contribution < -0.4 is 10.1 Å². The Balaban J connectivity index is 1.92. The van der Waals surface area contributed by atoms with Crippen molar-refractivity contribution in [1.82, 2.24) is 5.32 Å². The van der Waals surface area contributed by atoms with Gasteiger partial charge in [0.05, 0.1) is 0 Å². The fourth-order valence-electron chi connectivity index (χ4n) is 2.51. The third-order valence-corrected chi connectivity index (χ3v) is 3.48. The van der Waals surface area contributed by atoms with Gasteiger partial charge >= 0.3 is 6.18 Å². The Bertz CT molecular complexity index is 625. The number of alkyl halides is 3. The summed E-state index contributed by atoms with van der Waals surface area (Å²) in [4.78, 5) is 0. The molecule has 2 nitrogen and oxygen atoms in total. The average molecular weight is 293 g/mol. The van der Waals surface area contributed by atoms with E-state index in [9.17, 15) is 13.2 Å². The second kappa shape index (κ2) is 5.41. The molecule has 0 amide bonds. The fourth-order valence-corrected chi connectivity index (χ4v) is 2.51. The van der Waals surface area contributed by atoms with Crippen molar-refractivity contribution in [3.05, 3.63) is 59.7 Å². The highest BCUT2D eigenvalue weighted by Gasteiger charge is 2.42. The van der Waals surface area contributed by atoms with Crippen LogP contribution in [0.4, 0.5) is 13.2 Å². The van der Waals surface area contributed by atoms with Crippen LogP contribution in [-0.4, -0.2) is 12.7 Å². The number of fused-ring (bicyclic) bond motifs is 1.